The number of aryl methyl sites for hydroxylation is 1. The predicted molar refractivity (Wildman–Crippen MR) is 138 cm³/mol. The van der Waals surface area contributed by atoms with Crippen LogP contribution in [0.5, 0.6) is 0 Å². The van der Waals surface area contributed by atoms with Crippen LogP contribution in [0.2, 0.25) is 5.02 Å². The Kier molecular flexibility index (Phi) is 5.76. The smallest absolute Gasteiger partial charge is 0.254 e. The fourth-order valence-electron chi connectivity index (χ4n) is 5.69. The van der Waals surface area contributed by atoms with Crippen molar-refractivity contribution in [3.8, 4) is 6.07 Å². The number of hydrogen-bond acceptors (Lipinski definition) is 5. The van der Waals surface area contributed by atoms with E-state index in [4.69, 9.17) is 11.6 Å². The highest BCUT2D eigenvalue weighted by atomic mass is 35.5. The number of fused-ring (bicyclic) bond motifs is 1. The molecule has 2 aromatic heterocycles. The maximum absolute atomic E-state index is 12.9. The molecule has 3 aliphatic rings. The number of anilines is 1. The van der Waals surface area contributed by atoms with Gasteiger partial charge in [0.25, 0.3) is 5.91 Å². The number of carbonyl (C=O) groups is 2. The molecule has 3 aromatic rings. The minimum absolute atomic E-state index is 0.0413. The van der Waals surface area contributed by atoms with Crippen LogP contribution < -0.4 is 10.2 Å². The van der Waals surface area contributed by atoms with Crippen molar-refractivity contribution in [3.05, 3.63) is 75.8 Å². The summed E-state index contributed by atoms with van der Waals surface area (Å²) in [4.78, 5) is 31.8. The third kappa shape index (κ3) is 4.27. The molecule has 9 heteroatoms. The largest absolute Gasteiger partial charge is 0.349 e. The number of nitrogens with zero attached hydrogens (tertiary/aromatic N) is 5. The van der Waals surface area contributed by atoms with Crippen LogP contribution in [0.1, 0.15) is 70.9 Å². The van der Waals surface area contributed by atoms with Crippen LogP contribution in [0.25, 0.3) is 0 Å². The minimum Gasteiger partial charge on any atom is -0.349 e. The molecule has 6 rings (SSSR count). The van der Waals surface area contributed by atoms with Crippen molar-refractivity contribution in [2.75, 3.05) is 11.4 Å². The Hall–Kier alpha value is -3.70. The second kappa shape index (κ2) is 9.00. The topological polar surface area (TPSA) is 104 Å². The second-order valence-corrected chi connectivity index (χ2v) is 11.0. The zero-order valence-electron chi connectivity index (χ0n) is 20.7. The van der Waals surface area contributed by atoms with Gasteiger partial charge < -0.3 is 10.2 Å². The van der Waals surface area contributed by atoms with Gasteiger partial charge in [0.2, 0.25) is 5.91 Å². The van der Waals surface area contributed by atoms with Gasteiger partial charge in [0.1, 0.15) is 0 Å². The predicted octanol–water partition coefficient (Wildman–Crippen LogP) is 4.38. The summed E-state index contributed by atoms with van der Waals surface area (Å²) < 4.78 is 1.74. The molecule has 1 unspecified atom stereocenters. The van der Waals surface area contributed by atoms with E-state index in [1.165, 1.54) is 0 Å². The fraction of sp³-hybridized carbons (Fsp3) is 0.393. The summed E-state index contributed by atoms with van der Waals surface area (Å²) in [6.07, 6.45) is 7.64. The highest BCUT2D eigenvalue weighted by Crippen LogP contribution is 2.47. The lowest BCUT2D eigenvalue weighted by Crippen LogP contribution is -2.43. The van der Waals surface area contributed by atoms with E-state index in [9.17, 15) is 14.9 Å². The Morgan fingerprint density at radius 1 is 1.24 bits per heavy atom. The normalized spacial score (nSPS) is 24.7. The molecule has 1 aromatic carbocycles. The lowest BCUT2D eigenvalue weighted by molar-refractivity contribution is -0.118. The molecule has 2 amide bonds. The molecular formula is C28H27ClN6O2. The zero-order valence-corrected chi connectivity index (χ0v) is 21.4. The molecule has 0 radical (unpaired) electrons. The number of nitrogens with one attached hydrogen (secondary N) is 1. The number of amides is 2. The number of benzene rings is 1. The Bertz CT molecular complexity index is 1450. The Labute approximate surface area is 220 Å². The first-order valence-corrected chi connectivity index (χ1v) is 13.0. The van der Waals surface area contributed by atoms with Crippen LogP contribution in [-0.4, -0.2) is 39.2 Å². The van der Waals surface area contributed by atoms with E-state index in [2.05, 4.69) is 21.5 Å². The van der Waals surface area contributed by atoms with Crippen LogP contribution in [-0.2, 0) is 4.79 Å². The maximum atomic E-state index is 12.9. The average Bonchev–Trinajstić information content (AvgIpc) is 3.31. The van der Waals surface area contributed by atoms with E-state index in [-0.39, 0.29) is 35.7 Å². The second-order valence-electron chi connectivity index (χ2n) is 10.5. The number of carbonyl (C=O) groups excluding carboxylic acids is 2. The van der Waals surface area contributed by atoms with Gasteiger partial charge in [0.15, 0.2) is 0 Å². The quantitative estimate of drug-likeness (QED) is 0.525. The number of piperidine rings is 1. The van der Waals surface area contributed by atoms with E-state index >= 15 is 0 Å². The van der Waals surface area contributed by atoms with Crippen molar-refractivity contribution in [2.45, 2.75) is 51.1 Å². The third-order valence-corrected chi connectivity index (χ3v) is 8.28. The molecule has 0 spiro atoms. The molecule has 1 saturated heterocycles. The first kappa shape index (κ1) is 23.7. The molecule has 3 fully saturated rings. The molecule has 8 nitrogen and oxygen atoms in total. The van der Waals surface area contributed by atoms with Gasteiger partial charge in [-0.2, -0.15) is 10.4 Å². The zero-order chi connectivity index (χ0) is 25.8. The van der Waals surface area contributed by atoms with Crippen LogP contribution in [0.15, 0.2) is 42.9 Å². The van der Waals surface area contributed by atoms with Gasteiger partial charge >= 0.3 is 0 Å². The number of aromatic nitrogens is 3. The summed E-state index contributed by atoms with van der Waals surface area (Å²) in [5.74, 6) is 0.980. The lowest BCUT2D eigenvalue weighted by Gasteiger charge is -2.36. The van der Waals surface area contributed by atoms with E-state index in [0.29, 0.717) is 22.1 Å². The first-order chi connectivity index (χ1) is 17.8. The number of pyridine rings is 1. The molecule has 3 heterocycles. The average molecular weight is 515 g/mol. The number of rotatable bonds is 6. The first-order valence-electron chi connectivity index (χ1n) is 12.6. The van der Waals surface area contributed by atoms with Crippen molar-refractivity contribution in [1.29, 1.82) is 5.26 Å². The SMILES string of the molecule is Cc1cc(N2C[C@H]3C[C@H]3C2=O)cnc1C(C)n1cc(C(=O)N[C@H]2C[C@@H](c3cc(Cl)ccc3C#N)C2)cn1. The third-order valence-electron chi connectivity index (χ3n) is 8.04. The lowest BCUT2D eigenvalue weighted by atomic mass is 9.74. The van der Waals surface area contributed by atoms with Crippen LogP contribution in [0.3, 0.4) is 0 Å². The number of hydrogen-bond donors (Lipinski definition) is 1. The number of halogens is 1. The highest BCUT2D eigenvalue weighted by Gasteiger charge is 2.52. The molecular weight excluding hydrogens is 488 g/mol. The molecule has 2 aliphatic carbocycles. The van der Waals surface area contributed by atoms with Gasteiger partial charge in [-0.1, -0.05) is 11.6 Å². The summed E-state index contributed by atoms with van der Waals surface area (Å²) >= 11 is 6.12. The van der Waals surface area contributed by atoms with Gasteiger partial charge in [-0.15, -0.1) is 0 Å². The van der Waals surface area contributed by atoms with E-state index in [1.54, 1.807) is 35.4 Å². The molecule has 0 bridgehead atoms. The van der Waals surface area contributed by atoms with Crippen molar-refractivity contribution >= 4 is 29.1 Å². The summed E-state index contributed by atoms with van der Waals surface area (Å²) in [5, 5.41) is 17.5. The van der Waals surface area contributed by atoms with E-state index in [1.807, 2.05) is 30.9 Å². The number of nitriles is 1. The summed E-state index contributed by atoms with van der Waals surface area (Å²) in [5.41, 5.74) is 4.76. The Morgan fingerprint density at radius 2 is 2.05 bits per heavy atom. The van der Waals surface area contributed by atoms with Crippen LogP contribution in [0.4, 0.5) is 5.69 Å². The van der Waals surface area contributed by atoms with Crippen molar-refractivity contribution in [1.82, 2.24) is 20.1 Å². The van der Waals surface area contributed by atoms with Gasteiger partial charge in [0, 0.05) is 29.7 Å². The van der Waals surface area contributed by atoms with Crippen LogP contribution in [0, 0.1) is 30.1 Å². The van der Waals surface area contributed by atoms with Gasteiger partial charge in [-0.25, -0.2) is 0 Å². The van der Waals surface area contributed by atoms with Gasteiger partial charge in [-0.3, -0.25) is 19.3 Å². The Balaban J connectivity index is 1.08. The molecule has 1 N–H and O–H groups in total. The van der Waals surface area contributed by atoms with Crippen molar-refractivity contribution < 1.29 is 9.59 Å². The fourth-order valence-corrected chi connectivity index (χ4v) is 5.87. The molecule has 2 saturated carbocycles. The highest BCUT2D eigenvalue weighted by molar-refractivity contribution is 6.30. The standard InChI is InChI=1S/C28H27ClN6O2/c1-15-5-23(34-13-19-8-25(19)28(34)37)12-31-26(15)16(2)35-14-20(11-32-35)27(36)33-22-6-18(7-22)24-9-21(29)4-3-17(24)10-30/h3-5,9,11-12,14,16,18-19,22,25H,6-8,13H2,1-2H3,(H,33,36)/t16?,18-,19-,22+,25-/m1/s1. The summed E-state index contributed by atoms with van der Waals surface area (Å²) in [6, 6.07) is 9.44. The maximum Gasteiger partial charge on any atom is 0.254 e. The van der Waals surface area contributed by atoms with Crippen LogP contribution >= 0.6 is 11.6 Å². The summed E-state index contributed by atoms with van der Waals surface area (Å²) in [6.45, 7) is 4.77. The Morgan fingerprint density at radius 3 is 2.76 bits per heavy atom. The van der Waals surface area contributed by atoms with Gasteiger partial charge in [-0.05, 0) is 80.3 Å². The molecule has 188 valence electrons. The van der Waals surface area contributed by atoms with E-state index in [0.717, 1.165) is 48.3 Å². The van der Waals surface area contributed by atoms with Gasteiger partial charge in [0.05, 0.1) is 47.0 Å². The summed E-state index contributed by atoms with van der Waals surface area (Å²) in [7, 11) is 0. The van der Waals surface area contributed by atoms with Crippen molar-refractivity contribution in [2.24, 2.45) is 11.8 Å². The van der Waals surface area contributed by atoms with Crippen molar-refractivity contribution in [3.63, 3.8) is 0 Å². The molecule has 1 aliphatic heterocycles. The molecule has 37 heavy (non-hydrogen) atoms. The molecule has 3 atom stereocenters. The monoisotopic (exact) mass is 514 g/mol. The minimum atomic E-state index is -0.168. The van der Waals surface area contributed by atoms with E-state index < -0.39 is 0 Å².